The molecule has 0 N–H and O–H groups in total. The van der Waals surface area contributed by atoms with Crippen molar-refractivity contribution in [2.75, 3.05) is 0 Å². The van der Waals surface area contributed by atoms with Crippen molar-refractivity contribution in [1.82, 2.24) is 0 Å². The van der Waals surface area contributed by atoms with Gasteiger partial charge in [-0.15, -0.1) is 0 Å². The van der Waals surface area contributed by atoms with E-state index in [0.717, 1.165) is 56.4 Å². The number of para-hydroxylation sites is 2. The van der Waals surface area contributed by atoms with Crippen molar-refractivity contribution in [3.63, 3.8) is 0 Å². The molecule has 0 saturated carbocycles. The van der Waals surface area contributed by atoms with Crippen molar-refractivity contribution < 1.29 is 9.47 Å². The fourth-order valence-electron chi connectivity index (χ4n) is 6.28. The Morgan fingerprint density at radius 3 is 1.15 bits per heavy atom. The number of hydrogen-bond donors (Lipinski definition) is 0. The summed E-state index contributed by atoms with van der Waals surface area (Å²) in [6, 6.07) is 51.1. The quantitative estimate of drug-likeness (QED) is 0.235. The van der Waals surface area contributed by atoms with E-state index >= 15 is 0 Å². The van der Waals surface area contributed by atoms with Crippen LogP contribution < -0.4 is 9.47 Å². The van der Waals surface area contributed by atoms with Crippen molar-refractivity contribution in [1.29, 1.82) is 0 Å². The third-order valence-electron chi connectivity index (χ3n) is 8.00. The molecule has 0 radical (unpaired) electrons. The van der Waals surface area contributed by atoms with Gasteiger partial charge in [-0.2, -0.15) is 0 Å². The lowest BCUT2D eigenvalue weighted by atomic mass is 9.62. The number of benzene rings is 6. The SMILES string of the molecule is c1ccc(-c2ccc3c(c2)C2(c4ccccc4Oc4ccccc42)c2cc(-c4ccccc4)ccc2O3)cc1. The predicted octanol–water partition coefficient (Wildman–Crippen LogP) is 9.61. The Balaban J connectivity index is 1.51. The first kappa shape index (κ1) is 22.0. The van der Waals surface area contributed by atoms with Gasteiger partial charge in [0.1, 0.15) is 23.0 Å². The van der Waals surface area contributed by atoms with Crippen molar-refractivity contribution in [3.8, 4) is 45.3 Å². The number of hydrogen-bond acceptors (Lipinski definition) is 2. The highest BCUT2D eigenvalue weighted by Crippen LogP contribution is 2.62. The molecule has 0 atom stereocenters. The summed E-state index contributed by atoms with van der Waals surface area (Å²) in [4.78, 5) is 0. The highest BCUT2D eigenvalue weighted by molar-refractivity contribution is 5.80. The van der Waals surface area contributed by atoms with Gasteiger partial charge in [-0.25, -0.2) is 0 Å². The fourth-order valence-corrected chi connectivity index (χ4v) is 6.28. The molecule has 0 fully saturated rings. The van der Waals surface area contributed by atoms with Crippen molar-refractivity contribution in [2.45, 2.75) is 5.41 Å². The Kier molecular flexibility index (Phi) is 4.77. The molecular formula is C37H24O2. The molecule has 184 valence electrons. The van der Waals surface area contributed by atoms with Gasteiger partial charge in [0, 0.05) is 22.3 Å². The molecule has 8 rings (SSSR count). The first-order valence-corrected chi connectivity index (χ1v) is 13.3. The lowest BCUT2D eigenvalue weighted by Gasteiger charge is -2.45. The van der Waals surface area contributed by atoms with Gasteiger partial charge in [-0.1, -0.05) is 109 Å². The predicted molar refractivity (Wildman–Crippen MR) is 156 cm³/mol. The summed E-state index contributed by atoms with van der Waals surface area (Å²) >= 11 is 0. The van der Waals surface area contributed by atoms with E-state index in [2.05, 4.69) is 133 Å². The second-order valence-electron chi connectivity index (χ2n) is 10.1. The molecule has 2 heteroatoms. The van der Waals surface area contributed by atoms with E-state index in [1.165, 1.54) is 11.1 Å². The number of ether oxygens (including phenoxy) is 2. The molecule has 39 heavy (non-hydrogen) atoms. The van der Waals surface area contributed by atoms with E-state index in [1.54, 1.807) is 0 Å². The molecule has 0 aromatic heterocycles. The molecule has 2 nitrogen and oxygen atoms in total. The van der Waals surface area contributed by atoms with Crippen molar-refractivity contribution in [2.24, 2.45) is 0 Å². The van der Waals surface area contributed by atoms with E-state index in [-0.39, 0.29) is 0 Å². The summed E-state index contributed by atoms with van der Waals surface area (Å²) < 4.78 is 13.2. The van der Waals surface area contributed by atoms with Crippen LogP contribution in [0, 0.1) is 0 Å². The van der Waals surface area contributed by atoms with Crippen LogP contribution in [0.3, 0.4) is 0 Å². The van der Waals surface area contributed by atoms with Crippen LogP contribution in [-0.4, -0.2) is 0 Å². The van der Waals surface area contributed by atoms with Crippen LogP contribution in [-0.2, 0) is 5.41 Å². The third kappa shape index (κ3) is 3.22. The minimum Gasteiger partial charge on any atom is -0.457 e. The minimum atomic E-state index is -0.621. The topological polar surface area (TPSA) is 18.5 Å². The van der Waals surface area contributed by atoms with E-state index in [9.17, 15) is 0 Å². The second-order valence-corrected chi connectivity index (χ2v) is 10.1. The van der Waals surface area contributed by atoms with Gasteiger partial charge >= 0.3 is 0 Å². The first-order valence-electron chi connectivity index (χ1n) is 13.3. The zero-order valence-corrected chi connectivity index (χ0v) is 21.2. The molecular weight excluding hydrogens is 476 g/mol. The molecule has 0 saturated heterocycles. The molecule has 0 amide bonds. The van der Waals surface area contributed by atoms with Gasteiger partial charge in [-0.3, -0.25) is 0 Å². The molecule has 1 spiro atoms. The van der Waals surface area contributed by atoms with Gasteiger partial charge in [-0.05, 0) is 58.7 Å². The second kappa shape index (κ2) is 8.47. The van der Waals surface area contributed by atoms with Crippen molar-refractivity contribution in [3.05, 3.63) is 168 Å². The highest BCUT2D eigenvalue weighted by Gasteiger charge is 2.50. The smallest absolute Gasteiger partial charge is 0.132 e. The Bertz CT molecular complexity index is 1720. The summed E-state index contributed by atoms with van der Waals surface area (Å²) in [5, 5.41) is 0. The lowest BCUT2D eigenvalue weighted by Crippen LogP contribution is -2.36. The first-order chi connectivity index (χ1) is 19.3. The monoisotopic (exact) mass is 500 g/mol. The van der Waals surface area contributed by atoms with E-state index in [0.29, 0.717) is 0 Å². The van der Waals surface area contributed by atoms with Gasteiger partial charge in [0.15, 0.2) is 0 Å². The molecule has 2 aliphatic heterocycles. The third-order valence-corrected chi connectivity index (χ3v) is 8.00. The standard InChI is InChI=1S/C37H24O2/c1-3-11-25(12-4-1)27-19-21-35-31(23-27)37(29-15-7-9-17-33(29)38-34-18-10-8-16-30(34)37)32-24-28(20-22-36(32)39-35)26-13-5-2-6-14-26/h1-24H. The minimum absolute atomic E-state index is 0.621. The molecule has 6 aromatic carbocycles. The van der Waals surface area contributed by atoms with Crippen LogP contribution in [0.1, 0.15) is 22.3 Å². The Hall–Kier alpha value is -5.08. The fraction of sp³-hybridized carbons (Fsp3) is 0.0270. The van der Waals surface area contributed by atoms with Gasteiger partial charge in [0.2, 0.25) is 0 Å². The van der Waals surface area contributed by atoms with Crippen LogP contribution in [0.5, 0.6) is 23.0 Å². The molecule has 2 heterocycles. The average Bonchev–Trinajstić information content (AvgIpc) is 3.01. The summed E-state index contributed by atoms with van der Waals surface area (Å²) in [6.07, 6.45) is 0. The Morgan fingerprint density at radius 1 is 0.308 bits per heavy atom. The van der Waals surface area contributed by atoms with Crippen LogP contribution in [0.15, 0.2) is 146 Å². The summed E-state index contributed by atoms with van der Waals surface area (Å²) in [5.41, 5.74) is 8.50. The zero-order valence-electron chi connectivity index (χ0n) is 21.2. The van der Waals surface area contributed by atoms with Gasteiger partial charge in [0.25, 0.3) is 0 Å². The Labute approximate surface area is 227 Å². The number of fused-ring (bicyclic) bond motifs is 8. The maximum Gasteiger partial charge on any atom is 0.132 e. The van der Waals surface area contributed by atoms with E-state index in [1.807, 2.05) is 12.1 Å². The molecule has 0 unspecified atom stereocenters. The van der Waals surface area contributed by atoms with E-state index < -0.39 is 5.41 Å². The van der Waals surface area contributed by atoms with Crippen LogP contribution in [0.4, 0.5) is 0 Å². The van der Waals surface area contributed by atoms with Crippen LogP contribution >= 0.6 is 0 Å². The maximum atomic E-state index is 6.68. The summed E-state index contributed by atoms with van der Waals surface area (Å²) in [6.45, 7) is 0. The summed E-state index contributed by atoms with van der Waals surface area (Å²) in [7, 11) is 0. The van der Waals surface area contributed by atoms with Gasteiger partial charge in [0.05, 0.1) is 5.41 Å². The zero-order chi connectivity index (χ0) is 25.8. The largest absolute Gasteiger partial charge is 0.457 e. The van der Waals surface area contributed by atoms with Crippen LogP contribution in [0.2, 0.25) is 0 Å². The normalized spacial score (nSPS) is 13.7. The molecule has 6 aromatic rings. The highest BCUT2D eigenvalue weighted by atomic mass is 16.5. The van der Waals surface area contributed by atoms with Crippen molar-refractivity contribution >= 4 is 0 Å². The Morgan fingerprint density at radius 2 is 0.692 bits per heavy atom. The lowest BCUT2D eigenvalue weighted by molar-refractivity contribution is 0.399. The molecule has 0 aliphatic carbocycles. The number of rotatable bonds is 2. The van der Waals surface area contributed by atoms with Gasteiger partial charge < -0.3 is 9.47 Å². The summed E-state index contributed by atoms with van der Waals surface area (Å²) in [5.74, 6) is 3.46. The van der Waals surface area contributed by atoms with E-state index in [4.69, 9.17) is 9.47 Å². The molecule has 0 bridgehead atoms. The van der Waals surface area contributed by atoms with Crippen LogP contribution in [0.25, 0.3) is 22.3 Å². The average molecular weight is 501 g/mol. The molecule has 2 aliphatic rings. The maximum absolute atomic E-state index is 6.68.